The van der Waals surface area contributed by atoms with Gasteiger partial charge in [0.05, 0.1) is 36.6 Å². The molecule has 0 aliphatic carbocycles. The largest absolute Gasteiger partial charge is 0.473 e. The molecule has 1 unspecified atom stereocenters. The van der Waals surface area contributed by atoms with E-state index in [9.17, 15) is 8.78 Å². The smallest absolute Gasteiger partial charge is 0.345 e. The monoisotopic (exact) mass is 445 g/mol. The van der Waals surface area contributed by atoms with Crippen molar-refractivity contribution < 1.29 is 23.0 Å². The van der Waals surface area contributed by atoms with E-state index in [4.69, 9.17) is 9.47 Å². The van der Waals surface area contributed by atoms with Crippen molar-refractivity contribution in [2.24, 2.45) is 4.99 Å². The fourth-order valence-corrected chi connectivity index (χ4v) is 3.50. The minimum Gasteiger partial charge on any atom is -0.473 e. The summed E-state index contributed by atoms with van der Waals surface area (Å²) in [5.74, 6) is 1.58. The molecule has 1 aliphatic heterocycles. The summed E-state index contributed by atoms with van der Waals surface area (Å²) in [6.45, 7) is 0.0260. The number of alkyl halides is 2. The van der Waals surface area contributed by atoms with Gasteiger partial charge in [-0.25, -0.2) is 4.98 Å². The number of rotatable bonds is 8. The molecule has 1 aromatic carbocycles. The quantitative estimate of drug-likeness (QED) is 0.396. The zero-order chi connectivity index (χ0) is 22.3. The zero-order valence-corrected chi connectivity index (χ0v) is 17.6. The highest BCUT2D eigenvalue weighted by Crippen LogP contribution is 2.26. The number of aliphatic imine (C=N–C) groups is 1. The number of pyridine rings is 1. The van der Waals surface area contributed by atoms with Gasteiger partial charge in [-0.2, -0.15) is 8.78 Å². The second-order valence-electron chi connectivity index (χ2n) is 7.43. The van der Waals surface area contributed by atoms with Gasteiger partial charge in [-0.15, -0.1) is 5.10 Å². The molecule has 2 aromatic heterocycles. The minimum absolute atomic E-state index is 0.0767. The lowest BCUT2D eigenvalue weighted by Crippen LogP contribution is -2.26. The molecule has 170 valence electrons. The van der Waals surface area contributed by atoms with Crippen molar-refractivity contribution in [2.75, 3.05) is 25.1 Å². The van der Waals surface area contributed by atoms with Crippen LogP contribution in [0.3, 0.4) is 0 Å². The number of aromatic amines is 1. The Kier molecular flexibility index (Phi) is 7.23. The maximum Gasteiger partial charge on any atom is 0.345 e. The van der Waals surface area contributed by atoms with Gasteiger partial charge < -0.3 is 19.5 Å². The van der Waals surface area contributed by atoms with Gasteiger partial charge in [0.1, 0.15) is 18.0 Å². The standard InChI is InChI=1S/C22H25F2N5O3/c1-14(26-19(13-31-22(23)24)15-5-3-2-4-6-15)27-20-11-18-17(12-25-20)21(29-28-18)32-16-7-9-30-10-8-16/h2-6,11-12,16,19,22H,7-10,13H2,1H3,(H,28,29)(H,25,26,27). The SMILES string of the molecule is CC(=NC(COC(F)F)c1ccccc1)Nc1cc2[nH]nc(OC3CCOCC3)c2cn1. The lowest BCUT2D eigenvalue weighted by Gasteiger charge is -2.22. The first-order chi connectivity index (χ1) is 15.6. The van der Waals surface area contributed by atoms with Crippen LogP contribution in [0.1, 0.15) is 31.4 Å². The van der Waals surface area contributed by atoms with Crippen LogP contribution in [0.5, 0.6) is 5.88 Å². The molecule has 1 saturated heterocycles. The number of halogens is 2. The molecule has 0 spiro atoms. The average molecular weight is 445 g/mol. The molecule has 1 atom stereocenters. The highest BCUT2D eigenvalue weighted by molar-refractivity contribution is 5.95. The fourth-order valence-electron chi connectivity index (χ4n) is 3.50. The molecule has 3 heterocycles. The van der Waals surface area contributed by atoms with Gasteiger partial charge >= 0.3 is 6.61 Å². The summed E-state index contributed by atoms with van der Waals surface area (Å²) in [4.78, 5) is 8.94. The fraction of sp³-hybridized carbons (Fsp3) is 0.409. The van der Waals surface area contributed by atoms with E-state index < -0.39 is 12.7 Å². The van der Waals surface area contributed by atoms with Crippen LogP contribution in [0, 0.1) is 0 Å². The van der Waals surface area contributed by atoms with Crippen molar-refractivity contribution in [2.45, 2.75) is 38.5 Å². The summed E-state index contributed by atoms with van der Waals surface area (Å²) in [7, 11) is 0. The van der Waals surface area contributed by atoms with Crippen molar-refractivity contribution in [3.63, 3.8) is 0 Å². The topological polar surface area (TPSA) is 93.7 Å². The van der Waals surface area contributed by atoms with Crippen molar-refractivity contribution in [1.29, 1.82) is 0 Å². The van der Waals surface area contributed by atoms with Crippen molar-refractivity contribution in [3.05, 3.63) is 48.2 Å². The predicted octanol–water partition coefficient (Wildman–Crippen LogP) is 4.33. The normalized spacial score (nSPS) is 16.4. The number of hydrogen-bond donors (Lipinski definition) is 2. The second-order valence-corrected chi connectivity index (χ2v) is 7.43. The Balaban J connectivity index is 1.46. The lowest BCUT2D eigenvalue weighted by atomic mass is 10.1. The van der Waals surface area contributed by atoms with Crippen LogP contribution >= 0.6 is 0 Å². The number of H-pyrrole nitrogens is 1. The third-order valence-electron chi connectivity index (χ3n) is 5.08. The molecular formula is C22H25F2N5O3. The number of fused-ring (bicyclic) bond motifs is 1. The van der Waals surface area contributed by atoms with Gasteiger partial charge in [0.25, 0.3) is 0 Å². The molecule has 10 heteroatoms. The molecule has 0 saturated carbocycles. The van der Waals surface area contributed by atoms with Gasteiger partial charge in [-0.05, 0) is 12.5 Å². The highest BCUT2D eigenvalue weighted by Gasteiger charge is 2.19. The van der Waals surface area contributed by atoms with Crippen LogP contribution in [-0.2, 0) is 9.47 Å². The molecule has 0 amide bonds. The third-order valence-corrected chi connectivity index (χ3v) is 5.08. The second kappa shape index (κ2) is 10.5. The molecule has 2 N–H and O–H groups in total. The number of nitrogens with one attached hydrogen (secondary N) is 2. The predicted molar refractivity (Wildman–Crippen MR) is 116 cm³/mol. The molecule has 0 bridgehead atoms. The first-order valence-electron chi connectivity index (χ1n) is 10.4. The Morgan fingerprint density at radius 3 is 2.81 bits per heavy atom. The summed E-state index contributed by atoms with van der Waals surface area (Å²) in [6.07, 6.45) is 3.41. The average Bonchev–Trinajstić information content (AvgIpc) is 3.19. The molecular weight excluding hydrogens is 420 g/mol. The van der Waals surface area contributed by atoms with E-state index in [1.165, 1.54) is 0 Å². The summed E-state index contributed by atoms with van der Waals surface area (Å²) < 4.78 is 41.0. The van der Waals surface area contributed by atoms with Crippen LogP contribution in [0.4, 0.5) is 14.6 Å². The van der Waals surface area contributed by atoms with Crippen LogP contribution in [-0.4, -0.2) is 53.6 Å². The number of amidine groups is 1. The Bertz CT molecular complexity index is 1040. The van der Waals surface area contributed by atoms with E-state index in [1.54, 1.807) is 19.2 Å². The Labute approximate surface area is 184 Å². The van der Waals surface area contributed by atoms with E-state index in [0.29, 0.717) is 30.7 Å². The molecule has 1 fully saturated rings. The van der Waals surface area contributed by atoms with Crippen LogP contribution in [0.15, 0.2) is 47.6 Å². The number of benzene rings is 1. The molecule has 1 aliphatic rings. The van der Waals surface area contributed by atoms with E-state index in [-0.39, 0.29) is 12.7 Å². The van der Waals surface area contributed by atoms with Crippen molar-refractivity contribution in [1.82, 2.24) is 15.2 Å². The van der Waals surface area contributed by atoms with E-state index in [2.05, 4.69) is 30.2 Å². The van der Waals surface area contributed by atoms with Gasteiger partial charge in [0.2, 0.25) is 5.88 Å². The molecule has 3 aromatic rings. The lowest BCUT2D eigenvalue weighted by molar-refractivity contribution is -0.132. The maximum atomic E-state index is 12.6. The van der Waals surface area contributed by atoms with Crippen LogP contribution in [0.2, 0.25) is 0 Å². The maximum absolute atomic E-state index is 12.6. The number of hydrogen-bond acceptors (Lipinski definition) is 6. The number of aromatic nitrogens is 3. The number of ether oxygens (including phenoxy) is 3. The van der Waals surface area contributed by atoms with Gasteiger partial charge in [0.15, 0.2) is 0 Å². The third kappa shape index (κ3) is 5.77. The van der Waals surface area contributed by atoms with Crippen LogP contribution < -0.4 is 10.1 Å². The Morgan fingerprint density at radius 1 is 1.28 bits per heavy atom. The van der Waals surface area contributed by atoms with Crippen molar-refractivity contribution >= 4 is 22.6 Å². The minimum atomic E-state index is -2.85. The highest BCUT2D eigenvalue weighted by atomic mass is 19.3. The van der Waals surface area contributed by atoms with Gasteiger partial charge in [-0.3, -0.25) is 10.1 Å². The van der Waals surface area contributed by atoms with Crippen LogP contribution in [0.25, 0.3) is 10.9 Å². The Morgan fingerprint density at radius 2 is 2.06 bits per heavy atom. The summed E-state index contributed by atoms with van der Waals surface area (Å²) >= 11 is 0. The molecule has 8 nitrogen and oxygen atoms in total. The zero-order valence-electron chi connectivity index (χ0n) is 17.6. The first-order valence-corrected chi connectivity index (χ1v) is 10.4. The van der Waals surface area contributed by atoms with Gasteiger partial charge in [0, 0.05) is 25.1 Å². The Hall–Kier alpha value is -3.11. The van der Waals surface area contributed by atoms with E-state index >= 15 is 0 Å². The number of anilines is 1. The van der Waals surface area contributed by atoms with E-state index in [1.807, 2.05) is 30.3 Å². The summed E-state index contributed by atoms with van der Waals surface area (Å²) in [5.41, 5.74) is 1.54. The van der Waals surface area contributed by atoms with E-state index in [0.717, 1.165) is 29.3 Å². The summed E-state index contributed by atoms with van der Waals surface area (Å²) in [6, 6.07) is 10.4. The number of nitrogens with zero attached hydrogens (tertiary/aromatic N) is 3. The molecule has 4 rings (SSSR count). The summed E-state index contributed by atoms with van der Waals surface area (Å²) in [5, 5.41) is 11.1. The van der Waals surface area contributed by atoms with Gasteiger partial charge in [-0.1, -0.05) is 30.3 Å². The first kappa shape index (κ1) is 22.1. The molecule has 32 heavy (non-hydrogen) atoms. The molecule has 0 radical (unpaired) electrons. The van der Waals surface area contributed by atoms with Crippen molar-refractivity contribution in [3.8, 4) is 5.88 Å².